The Balaban J connectivity index is 1.57. The van der Waals surface area contributed by atoms with Crippen LogP contribution in [0.1, 0.15) is 19.1 Å². The molecule has 1 atom stereocenters. The number of carbonyl (C=O) groups is 2. The van der Waals surface area contributed by atoms with Crippen molar-refractivity contribution in [2.24, 2.45) is 0 Å². The van der Waals surface area contributed by atoms with E-state index in [0.717, 1.165) is 24.1 Å². The van der Waals surface area contributed by atoms with Crippen molar-refractivity contribution in [2.75, 3.05) is 19.6 Å². The number of fused-ring (bicyclic) bond motifs is 1. The van der Waals surface area contributed by atoms with E-state index in [2.05, 4.69) is 10.6 Å². The standard InChI is InChI=1S/C17H21N3O3/c1-2-20-8-7-18-17(22)14(20)10-16(21)19-11-13-9-12-5-3-4-6-15(12)23-13/h3-6,9,14H,2,7-8,10-11H2,1H3,(H,18,22)(H,19,21). The van der Waals surface area contributed by atoms with Crippen LogP contribution in [0, 0.1) is 0 Å². The monoisotopic (exact) mass is 315 g/mol. The third kappa shape index (κ3) is 3.53. The summed E-state index contributed by atoms with van der Waals surface area (Å²) < 4.78 is 5.67. The van der Waals surface area contributed by atoms with Gasteiger partial charge in [-0.3, -0.25) is 14.5 Å². The largest absolute Gasteiger partial charge is 0.459 e. The van der Waals surface area contributed by atoms with Crippen LogP contribution in [0.4, 0.5) is 0 Å². The molecule has 6 heteroatoms. The van der Waals surface area contributed by atoms with Gasteiger partial charge in [-0.25, -0.2) is 0 Å². The van der Waals surface area contributed by atoms with Crippen LogP contribution >= 0.6 is 0 Å². The first-order chi connectivity index (χ1) is 11.2. The molecule has 0 radical (unpaired) electrons. The van der Waals surface area contributed by atoms with E-state index in [-0.39, 0.29) is 24.3 Å². The zero-order valence-corrected chi connectivity index (χ0v) is 13.2. The highest BCUT2D eigenvalue weighted by molar-refractivity contribution is 5.88. The molecular formula is C17H21N3O3. The van der Waals surface area contributed by atoms with Gasteiger partial charge in [0.25, 0.3) is 0 Å². The highest BCUT2D eigenvalue weighted by Gasteiger charge is 2.30. The summed E-state index contributed by atoms with van der Waals surface area (Å²) in [7, 11) is 0. The summed E-state index contributed by atoms with van der Waals surface area (Å²) >= 11 is 0. The molecule has 2 amide bonds. The maximum atomic E-state index is 12.1. The molecule has 1 aromatic heterocycles. The summed E-state index contributed by atoms with van der Waals surface area (Å²) in [5, 5.41) is 6.66. The third-order valence-corrected chi connectivity index (χ3v) is 4.16. The van der Waals surface area contributed by atoms with Crippen molar-refractivity contribution < 1.29 is 14.0 Å². The minimum Gasteiger partial charge on any atom is -0.459 e. The van der Waals surface area contributed by atoms with E-state index in [0.29, 0.717) is 18.8 Å². The van der Waals surface area contributed by atoms with Crippen LogP contribution in [0.15, 0.2) is 34.7 Å². The Morgan fingerprint density at radius 3 is 3.04 bits per heavy atom. The van der Waals surface area contributed by atoms with E-state index in [9.17, 15) is 9.59 Å². The van der Waals surface area contributed by atoms with Gasteiger partial charge in [-0.2, -0.15) is 0 Å². The summed E-state index contributed by atoms with van der Waals surface area (Å²) in [5.74, 6) is 0.489. The molecule has 0 spiro atoms. The number of hydrogen-bond donors (Lipinski definition) is 2. The minimum absolute atomic E-state index is 0.0722. The lowest BCUT2D eigenvalue weighted by Gasteiger charge is -2.33. The quantitative estimate of drug-likeness (QED) is 0.871. The van der Waals surface area contributed by atoms with Crippen LogP contribution in [0.2, 0.25) is 0 Å². The Labute approximate surface area is 134 Å². The van der Waals surface area contributed by atoms with Crippen molar-refractivity contribution in [2.45, 2.75) is 25.9 Å². The molecule has 0 aliphatic carbocycles. The number of furan rings is 1. The fourth-order valence-electron chi connectivity index (χ4n) is 2.92. The van der Waals surface area contributed by atoms with Gasteiger partial charge < -0.3 is 15.1 Å². The number of hydrogen-bond acceptors (Lipinski definition) is 4. The van der Waals surface area contributed by atoms with E-state index >= 15 is 0 Å². The summed E-state index contributed by atoms with van der Waals surface area (Å²) in [6, 6.07) is 9.25. The molecule has 1 aliphatic heterocycles. The molecule has 1 unspecified atom stereocenters. The SMILES string of the molecule is CCN1CCNC(=O)C1CC(=O)NCc1cc2ccccc2o1. The average Bonchev–Trinajstić information content (AvgIpc) is 2.98. The molecule has 2 aromatic rings. The summed E-state index contributed by atoms with van der Waals surface area (Å²) in [4.78, 5) is 26.1. The van der Waals surface area contributed by atoms with E-state index in [1.165, 1.54) is 0 Å². The van der Waals surface area contributed by atoms with Crippen LogP contribution in [-0.2, 0) is 16.1 Å². The molecule has 2 N–H and O–H groups in total. The Hall–Kier alpha value is -2.34. The Morgan fingerprint density at radius 1 is 1.43 bits per heavy atom. The molecule has 6 nitrogen and oxygen atoms in total. The van der Waals surface area contributed by atoms with E-state index in [4.69, 9.17) is 4.42 Å². The third-order valence-electron chi connectivity index (χ3n) is 4.16. The fraction of sp³-hybridized carbons (Fsp3) is 0.412. The molecule has 23 heavy (non-hydrogen) atoms. The van der Waals surface area contributed by atoms with Crippen LogP contribution in [-0.4, -0.2) is 42.4 Å². The maximum absolute atomic E-state index is 12.1. The van der Waals surface area contributed by atoms with E-state index < -0.39 is 0 Å². The van der Waals surface area contributed by atoms with Gasteiger partial charge in [-0.05, 0) is 18.7 Å². The molecular weight excluding hydrogens is 294 g/mol. The second-order valence-corrected chi connectivity index (χ2v) is 5.67. The van der Waals surface area contributed by atoms with Gasteiger partial charge in [0.2, 0.25) is 11.8 Å². The Kier molecular flexibility index (Phi) is 4.62. The van der Waals surface area contributed by atoms with Gasteiger partial charge in [-0.1, -0.05) is 25.1 Å². The molecule has 0 saturated carbocycles. The molecule has 1 saturated heterocycles. The second-order valence-electron chi connectivity index (χ2n) is 5.67. The van der Waals surface area contributed by atoms with Crippen molar-refractivity contribution in [3.05, 3.63) is 36.1 Å². The zero-order valence-electron chi connectivity index (χ0n) is 13.2. The van der Waals surface area contributed by atoms with E-state index in [1.54, 1.807) is 0 Å². The number of carbonyl (C=O) groups excluding carboxylic acids is 2. The van der Waals surface area contributed by atoms with Crippen molar-refractivity contribution in [1.82, 2.24) is 15.5 Å². The highest BCUT2D eigenvalue weighted by atomic mass is 16.3. The van der Waals surface area contributed by atoms with Crippen LogP contribution in [0.25, 0.3) is 11.0 Å². The number of para-hydroxylation sites is 1. The molecule has 2 heterocycles. The second kappa shape index (κ2) is 6.83. The minimum atomic E-state index is -0.385. The number of nitrogens with zero attached hydrogens (tertiary/aromatic N) is 1. The number of rotatable bonds is 5. The Morgan fingerprint density at radius 2 is 2.26 bits per heavy atom. The molecule has 1 aliphatic rings. The number of amides is 2. The number of piperazine rings is 1. The summed E-state index contributed by atoms with van der Waals surface area (Å²) in [5.41, 5.74) is 0.806. The number of benzene rings is 1. The normalized spacial score (nSPS) is 18.8. The van der Waals surface area contributed by atoms with Gasteiger partial charge in [0.1, 0.15) is 11.3 Å². The lowest BCUT2D eigenvalue weighted by molar-refractivity contribution is -0.133. The first-order valence-corrected chi connectivity index (χ1v) is 7.93. The topological polar surface area (TPSA) is 74.6 Å². The van der Waals surface area contributed by atoms with E-state index in [1.807, 2.05) is 42.2 Å². The zero-order chi connectivity index (χ0) is 16.2. The molecule has 1 fully saturated rings. The van der Waals surface area contributed by atoms with Gasteiger partial charge >= 0.3 is 0 Å². The van der Waals surface area contributed by atoms with Crippen LogP contribution < -0.4 is 10.6 Å². The smallest absolute Gasteiger partial charge is 0.237 e. The van der Waals surface area contributed by atoms with Crippen LogP contribution in [0.5, 0.6) is 0 Å². The van der Waals surface area contributed by atoms with Gasteiger partial charge in [-0.15, -0.1) is 0 Å². The lowest BCUT2D eigenvalue weighted by atomic mass is 10.1. The number of nitrogens with one attached hydrogen (secondary N) is 2. The molecule has 122 valence electrons. The van der Waals surface area contributed by atoms with Gasteiger partial charge in [0.15, 0.2) is 0 Å². The van der Waals surface area contributed by atoms with Crippen LogP contribution in [0.3, 0.4) is 0 Å². The first-order valence-electron chi connectivity index (χ1n) is 7.93. The maximum Gasteiger partial charge on any atom is 0.237 e. The molecule has 3 rings (SSSR count). The lowest BCUT2D eigenvalue weighted by Crippen LogP contribution is -2.56. The average molecular weight is 315 g/mol. The molecule has 0 bridgehead atoms. The molecule has 1 aromatic carbocycles. The first kappa shape index (κ1) is 15.6. The van der Waals surface area contributed by atoms with Crippen molar-refractivity contribution in [3.63, 3.8) is 0 Å². The van der Waals surface area contributed by atoms with Gasteiger partial charge in [0.05, 0.1) is 19.0 Å². The fourth-order valence-corrected chi connectivity index (χ4v) is 2.92. The number of likely N-dealkylation sites (N-methyl/N-ethyl adjacent to an activating group) is 1. The van der Waals surface area contributed by atoms with Crippen molar-refractivity contribution >= 4 is 22.8 Å². The predicted octanol–water partition coefficient (Wildman–Crippen LogP) is 1.26. The highest BCUT2D eigenvalue weighted by Crippen LogP contribution is 2.18. The van der Waals surface area contributed by atoms with Crippen molar-refractivity contribution in [3.8, 4) is 0 Å². The Bertz CT molecular complexity index is 677. The predicted molar refractivity (Wildman–Crippen MR) is 86.7 cm³/mol. The summed E-state index contributed by atoms with van der Waals surface area (Å²) in [6.45, 7) is 4.51. The van der Waals surface area contributed by atoms with Gasteiger partial charge in [0, 0.05) is 18.5 Å². The van der Waals surface area contributed by atoms with Crippen molar-refractivity contribution in [1.29, 1.82) is 0 Å². The summed E-state index contributed by atoms with van der Waals surface area (Å²) in [6.07, 6.45) is 0.167.